The number of hydrogen-bond donors (Lipinski definition) is 0. The number of halogens is 1. The molecular formula is C23H30FNO3S. The highest BCUT2D eigenvalue weighted by atomic mass is 32.2. The highest BCUT2D eigenvalue weighted by Crippen LogP contribution is 2.61. The lowest BCUT2D eigenvalue weighted by Crippen LogP contribution is -2.48. The Kier molecular flexibility index (Phi) is 4.76. The third-order valence-electron chi connectivity index (χ3n) is 8.04. The van der Waals surface area contributed by atoms with Crippen LogP contribution in [0.3, 0.4) is 0 Å². The molecule has 1 amide bonds. The minimum atomic E-state index is -3.49. The summed E-state index contributed by atoms with van der Waals surface area (Å²) in [6.07, 6.45) is 8.41. The molecule has 1 aromatic carbocycles. The van der Waals surface area contributed by atoms with Crippen LogP contribution in [0.5, 0.6) is 0 Å². The Morgan fingerprint density at radius 3 is 2.28 bits per heavy atom. The van der Waals surface area contributed by atoms with E-state index in [-0.39, 0.29) is 35.6 Å². The number of benzene rings is 1. The minimum Gasteiger partial charge on any atom is -0.342 e. The molecule has 4 bridgehead atoms. The molecule has 29 heavy (non-hydrogen) atoms. The minimum absolute atomic E-state index is 0.0847. The molecule has 1 unspecified atom stereocenters. The van der Waals surface area contributed by atoms with Crippen molar-refractivity contribution in [3.05, 3.63) is 35.6 Å². The van der Waals surface area contributed by atoms with Crippen LogP contribution in [0.15, 0.2) is 24.3 Å². The second kappa shape index (κ2) is 7.07. The first kappa shape index (κ1) is 19.5. The maximum Gasteiger partial charge on any atom is 0.223 e. The van der Waals surface area contributed by atoms with Gasteiger partial charge in [-0.3, -0.25) is 4.79 Å². The molecule has 5 aliphatic rings. The number of carbonyl (C=O) groups excluding carboxylic acids is 1. The first-order valence-corrected chi connectivity index (χ1v) is 12.8. The molecule has 0 spiro atoms. The van der Waals surface area contributed by atoms with Gasteiger partial charge >= 0.3 is 0 Å². The zero-order valence-corrected chi connectivity index (χ0v) is 17.7. The predicted octanol–water partition coefficient (Wildman–Crippen LogP) is 4.12. The second-order valence-corrected chi connectivity index (χ2v) is 12.4. The van der Waals surface area contributed by atoms with Crippen LogP contribution in [0.25, 0.3) is 0 Å². The van der Waals surface area contributed by atoms with E-state index in [1.54, 1.807) is 23.1 Å². The quantitative estimate of drug-likeness (QED) is 0.741. The maximum absolute atomic E-state index is 14.2. The van der Waals surface area contributed by atoms with Crippen LogP contribution in [-0.2, 0) is 14.6 Å². The van der Waals surface area contributed by atoms with E-state index in [0.717, 1.165) is 17.8 Å². The van der Waals surface area contributed by atoms with Crippen molar-refractivity contribution in [3.8, 4) is 0 Å². The number of nitrogens with zero attached hydrogens (tertiary/aromatic N) is 1. The summed E-state index contributed by atoms with van der Waals surface area (Å²) in [6, 6.07) is 6.12. The van der Waals surface area contributed by atoms with Gasteiger partial charge in [0, 0.05) is 25.1 Å². The Hall–Kier alpha value is -1.43. The Morgan fingerprint density at radius 2 is 1.66 bits per heavy atom. The fourth-order valence-corrected chi connectivity index (χ4v) is 9.02. The van der Waals surface area contributed by atoms with Crippen LogP contribution in [0.4, 0.5) is 4.39 Å². The molecule has 0 radical (unpaired) electrons. The Balaban J connectivity index is 1.30. The van der Waals surface area contributed by atoms with Crippen molar-refractivity contribution >= 4 is 15.7 Å². The SMILES string of the molecule is O=C(CC12CC3CC(CC(C3)C1)C2)N1CCC(c2ccccc2F)S(=O)(=O)CC1. The Morgan fingerprint density at radius 1 is 1.03 bits per heavy atom. The third-order valence-corrected chi connectivity index (χ3v) is 10.1. The fourth-order valence-electron chi connectivity index (χ4n) is 7.22. The van der Waals surface area contributed by atoms with Gasteiger partial charge in [0.1, 0.15) is 5.82 Å². The van der Waals surface area contributed by atoms with Crippen molar-refractivity contribution in [1.29, 1.82) is 0 Å². The van der Waals surface area contributed by atoms with Gasteiger partial charge in [-0.1, -0.05) is 18.2 Å². The highest BCUT2D eigenvalue weighted by Gasteiger charge is 2.52. The van der Waals surface area contributed by atoms with Crippen molar-refractivity contribution < 1.29 is 17.6 Å². The molecule has 0 N–H and O–H groups in total. The molecule has 0 aromatic heterocycles. The Bertz CT molecular complexity index is 877. The molecule has 6 rings (SSSR count). The Labute approximate surface area is 172 Å². The van der Waals surface area contributed by atoms with Crippen LogP contribution < -0.4 is 0 Å². The van der Waals surface area contributed by atoms with Crippen molar-refractivity contribution in [2.75, 3.05) is 18.8 Å². The van der Waals surface area contributed by atoms with E-state index in [0.29, 0.717) is 13.0 Å². The van der Waals surface area contributed by atoms with Crippen LogP contribution >= 0.6 is 0 Å². The highest BCUT2D eigenvalue weighted by molar-refractivity contribution is 7.91. The molecule has 5 fully saturated rings. The van der Waals surface area contributed by atoms with Crippen LogP contribution in [0, 0.1) is 29.0 Å². The molecule has 6 heteroatoms. The van der Waals surface area contributed by atoms with Crippen LogP contribution in [0.2, 0.25) is 0 Å². The van der Waals surface area contributed by atoms with Gasteiger partial charge in [-0.15, -0.1) is 0 Å². The smallest absolute Gasteiger partial charge is 0.223 e. The molecule has 4 aliphatic carbocycles. The van der Waals surface area contributed by atoms with E-state index < -0.39 is 20.9 Å². The first-order chi connectivity index (χ1) is 13.8. The maximum atomic E-state index is 14.2. The topological polar surface area (TPSA) is 54.5 Å². The summed E-state index contributed by atoms with van der Waals surface area (Å²) in [7, 11) is -3.49. The average molecular weight is 420 g/mol. The van der Waals surface area contributed by atoms with E-state index in [4.69, 9.17) is 0 Å². The summed E-state index contributed by atoms with van der Waals surface area (Å²) in [5.41, 5.74) is 0.393. The van der Waals surface area contributed by atoms with Gasteiger partial charge in [-0.25, -0.2) is 12.8 Å². The number of sulfone groups is 1. The van der Waals surface area contributed by atoms with Gasteiger partial charge < -0.3 is 4.90 Å². The standard InChI is InChI=1S/C23H30FNO3S/c24-20-4-2-1-3-19(20)21-5-6-25(7-8-29(21,27)28)22(26)15-23-12-16-9-17(13-23)11-18(10-16)14-23/h1-4,16-18,21H,5-15H2. The van der Waals surface area contributed by atoms with Crippen LogP contribution in [0.1, 0.15) is 62.2 Å². The number of amides is 1. The summed E-state index contributed by atoms with van der Waals surface area (Å²) in [5, 5.41) is -0.860. The molecule has 1 heterocycles. The summed E-state index contributed by atoms with van der Waals surface area (Å²) in [5.74, 6) is 1.93. The molecule has 1 atom stereocenters. The number of carbonyl (C=O) groups is 1. The second-order valence-electron chi connectivity index (χ2n) is 10.1. The van der Waals surface area contributed by atoms with E-state index in [1.165, 1.54) is 44.6 Å². The predicted molar refractivity (Wildman–Crippen MR) is 109 cm³/mol. The lowest BCUT2D eigenvalue weighted by Gasteiger charge is -2.57. The third kappa shape index (κ3) is 3.62. The van der Waals surface area contributed by atoms with E-state index in [1.807, 2.05) is 0 Å². The molecular weight excluding hydrogens is 389 g/mol. The monoisotopic (exact) mass is 419 g/mol. The zero-order valence-electron chi connectivity index (χ0n) is 16.9. The molecule has 4 nitrogen and oxygen atoms in total. The molecule has 1 aliphatic heterocycles. The largest absolute Gasteiger partial charge is 0.342 e. The molecule has 158 valence electrons. The van der Waals surface area contributed by atoms with E-state index in [9.17, 15) is 17.6 Å². The van der Waals surface area contributed by atoms with Crippen molar-refractivity contribution in [2.24, 2.45) is 23.2 Å². The van der Waals surface area contributed by atoms with Gasteiger partial charge in [0.2, 0.25) is 5.91 Å². The van der Waals surface area contributed by atoms with Crippen LogP contribution in [-0.4, -0.2) is 38.1 Å². The lowest BCUT2D eigenvalue weighted by molar-refractivity contribution is -0.139. The normalized spacial score (nSPS) is 38.0. The summed E-state index contributed by atoms with van der Waals surface area (Å²) >= 11 is 0. The van der Waals surface area contributed by atoms with Gasteiger partial charge in [0.05, 0.1) is 11.0 Å². The number of rotatable bonds is 3. The van der Waals surface area contributed by atoms with Gasteiger partial charge in [-0.2, -0.15) is 0 Å². The van der Waals surface area contributed by atoms with Gasteiger partial charge in [-0.05, 0) is 74.2 Å². The van der Waals surface area contributed by atoms with Crippen molar-refractivity contribution in [2.45, 2.75) is 56.6 Å². The molecule has 1 aromatic rings. The van der Waals surface area contributed by atoms with Crippen molar-refractivity contribution in [1.82, 2.24) is 4.90 Å². The summed E-state index contributed by atoms with van der Waals surface area (Å²) < 4.78 is 39.9. The molecule has 4 saturated carbocycles. The van der Waals surface area contributed by atoms with Crippen molar-refractivity contribution in [3.63, 3.8) is 0 Å². The fraction of sp³-hybridized carbons (Fsp3) is 0.696. The van der Waals surface area contributed by atoms with E-state index in [2.05, 4.69) is 0 Å². The average Bonchev–Trinajstić information content (AvgIpc) is 2.79. The zero-order chi connectivity index (χ0) is 20.2. The van der Waals surface area contributed by atoms with Gasteiger partial charge in [0.15, 0.2) is 9.84 Å². The van der Waals surface area contributed by atoms with Gasteiger partial charge in [0.25, 0.3) is 0 Å². The number of hydrogen-bond acceptors (Lipinski definition) is 3. The lowest BCUT2D eigenvalue weighted by atomic mass is 9.49. The van der Waals surface area contributed by atoms with E-state index >= 15 is 0 Å². The summed E-state index contributed by atoms with van der Waals surface area (Å²) in [6.45, 7) is 0.627. The first-order valence-electron chi connectivity index (χ1n) is 11.1. The molecule has 1 saturated heterocycles. The summed E-state index contributed by atoms with van der Waals surface area (Å²) in [4.78, 5) is 15.0.